The van der Waals surface area contributed by atoms with E-state index < -0.39 is 0 Å². The zero-order chi connectivity index (χ0) is 20.1. The summed E-state index contributed by atoms with van der Waals surface area (Å²) in [6.45, 7) is 3.71. The number of carbonyl (C=O) groups excluding carboxylic acids is 2. The minimum atomic E-state index is -0.282. The van der Waals surface area contributed by atoms with Crippen LogP contribution in [0.5, 0.6) is 0 Å². The average molecular weight is 433 g/mol. The molecule has 6 nitrogen and oxygen atoms in total. The molecule has 0 aliphatic rings. The number of rotatable bonds is 6. The second kappa shape index (κ2) is 9.18. The second-order valence-corrected chi connectivity index (χ2v) is 8.19. The number of carbonyl (C=O) groups is 2. The van der Waals surface area contributed by atoms with E-state index in [1.165, 1.54) is 23.1 Å². The topological polar surface area (TPSA) is 84.0 Å². The molecule has 28 heavy (non-hydrogen) atoms. The number of benzene rings is 1. The molecule has 3 rings (SSSR count). The van der Waals surface area contributed by atoms with E-state index in [2.05, 4.69) is 20.6 Å². The van der Waals surface area contributed by atoms with Crippen molar-refractivity contribution >= 4 is 57.3 Å². The predicted octanol–water partition coefficient (Wildman–Crippen LogP) is 4.79. The first-order valence-corrected chi connectivity index (χ1v) is 10.5. The van der Waals surface area contributed by atoms with E-state index >= 15 is 0 Å². The molecule has 2 heterocycles. The Labute approximate surface area is 175 Å². The Hall–Kier alpha value is -2.42. The third kappa shape index (κ3) is 5.31. The first-order valence-electron chi connectivity index (χ1n) is 8.29. The highest BCUT2D eigenvalue weighted by atomic mass is 35.5. The van der Waals surface area contributed by atoms with Crippen LogP contribution in [0.4, 0.5) is 10.8 Å². The number of hydrogen-bond acceptors (Lipinski definition) is 6. The monoisotopic (exact) mass is 432 g/mol. The Morgan fingerprint density at radius 3 is 2.61 bits per heavy atom. The summed E-state index contributed by atoms with van der Waals surface area (Å²) < 4.78 is 0. The standard InChI is InChI=1S/C19H17ClN4O2S2/c1-11-9-12(2)22-18(28-10-15(25)24-19-21-7-8-27-19)16(11)17(26)23-14-5-3-13(20)4-6-14/h3-9H,10H2,1-2H3,(H,23,26)(H,21,24,25). The van der Waals surface area contributed by atoms with Crippen molar-refractivity contribution in [1.82, 2.24) is 9.97 Å². The maximum absolute atomic E-state index is 12.8. The smallest absolute Gasteiger partial charge is 0.258 e. The number of halogens is 1. The van der Waals surface area contributed by atoms with Gasteiger partial charge in [-0.25, -0.2) is 9.97 Å². The van der Waals surface area contributed by atoms with Gasteiger partial charge in [-0.1, -0.05) is 23.4 Å². The molecule has 144 valence electrons. The van der Waals surface area contributed by atoms with E-state index in [1.54, 1.807) is 35.8 Å². The Kier molecular flexibility index (Phi) is 6.66. The molecule has 1 aromatic carbocycles. The van der Waals surface area contributed by atoms with Crippen LogP contribution in [0, 0.1) is 13.8 Å². The van der Waals surface area contributed by atoms with Crippen molar-refractivity contribution in [1.29, 1.82) is 0 Å². The molecule has 2 N–H and O–H groups in total. The van der Waals surface area contributed by atoms with Gasteiger partial charge in [0.25, 0.3) is 5.91 Å². The van der Waals surface area contributed by atoms with Crippen LogP contribution in [0.1, 0.15) is 21.6 Å². The molecule has 0 atom stereocenters. The van der Waals surface area contributed by atoms with Crippen LogP contribution in [-0.4, -0.2) is 27.5 Å². The van der Waals surface area contributed by atoms with Gasteiger partial charge in [0.1, 0.15) is 5.03 Å². The summed E-state index contributed by atoms with van der Waals surface area (Å²) in [6, 6.07) is 8.71. The van der Waals surface area contributed by atoms with Gasteiger partial charge in [0.05, 0.1) is 11.3 Å². The zero-order valence-corrected chi connectivity index (χ0v) is 17.5. The van der Waals surface area contributed by atoms with Gasteiger partial charge in [0.15, 0.2) is 5.13 Å². The molecule has 2 aromatic heterocycles. The number of thioether (sulfide) groups is 1. The summed E-state index contributed by atoms with van der Waals surface area (Å²) in [6.07, 6.45) is 1.62. The molecule has 0 spiro atoms. The van der Waals surface area contributed by atoms with Gasteiger partial charge in [0.2, 0.25) is 5.91 Å². The first-order chi connectivity index (χ1) is 13.4. The third-order valence-corrected chi connectivity index (χ3v) is 5.58. The molecule has 0 fully saturated rings. The molecular weight excluding hydrogens is 416 g/mol. The zero-order valence-electron chi connectivity index (χ0n) is 15.2. The van der Waals surface area contributed by atoms with Crippen LogP contribution >= 0.6 is 34.7 Å². The number of aryl methyl sites for hydroxylation is 2. The van der Waals surface area contributed by atoms with Crippen molar-refractivity contribution in [2.75, 3.05) is 16.4 Å². The van der Waals surface area contributed by atoms with E-state index in [1.807, 2.05) is 19.9 Å². The molecule has 3 aromatic rings. The molecule has 0 radical (unpaired) electrons. The second-order valence-electron chi connectivity index (χ2n) is 5.90. The lowest BCUT2D eigenvalue weighted by Gasteiger charge is -2.13. The van der Waals surface area contributed by atoms with Crippen LogP contribution in [0.3, 0.4) is 0 Å². The highest BCUT2D eigenvalue weighted by molar-refractivity contribution is 8.00. The average Bonchev–Trinajstić information content (AvgIpc) is 3.14. The fraction of sp³-hybridized carbons (Fsp3) is 0.158. The van der Waals surface area contributed by atoms with Gasteiger partial charge in [-0.15, -0.1) is 11.3 Å². The summed E-state index contributed by atoms with van der Waals surface area (Å²) in [7, 11) is 0. The third-order valence-electron chi connectivity index (χ3n) is 3.66. The number of nitrogens with one attached hydrogen (secondary N) is 2. The fourth-order valence-electron chi connectivity index (χ4n) is 2.48. The van der Waals surface area contributed by atoms with Crippen molar-refractivity contribution in [3.63, 3.8) is 0 Å². The van der Waals surface area contributed by atoms with Crippen LogP contribution in [-0.2, 0) is 4.79 Å². The minimum Gasteiger partial charge on any atom is -0.322 e. The highest BCUT2D eigenvalue weighted by Gasteiger charge is 2.19. The van der Waals surface area contributed by atoms with E-state index in [9.17, 15) is 9.59 Å². The van der Waals surface area contributed by atoms with Gasteiger partial charge in [-0.3, -0.25) is 9.59 Å². The molecule has 0 bridgehead atoms. The number of anilines is 2. The van der Waals surface area contributed by atoms with Crippen molar-refractivity contribution < 1.29 is 9.59 Å². The SMILES string of the molecule is Cc1cc(C)c(C(=O)Nc2ccc(Cl)cc2)c(SCC(=O)Nc2nccs2)n1. The largest absolute Gasteiger partial charge is 0.322 e. The summed E-state index contributed by atoms with van der Waals surface area (Å²) in [5.41, 5.74) is 2.66. The van der Waals surface area contributed by atoms with Gasteiger partial charge in [-0.2, -0.15) is 0 Å². The van der Waals surface area contributed by atoms with Crippen LogP contribution in [0.15, 0.2) is 46.9 Å². The lowest BCUT2D eigenvalue weighted by Crippen LogP contribution is -2.18. The van der Waals surface area contributed by atoms with Gasteiger partial charge < -0.3 is 10.6 Å². The number of aromatic nitrogens is 2. The minimum absolute atomic E-state index is 0.122. The highest BCUT2D eigenvalue weighted by Crippen LogP contribution is 2.26. The van der Waals surface area contributed by atoms with E-state index in [4.69, 9.17) is 11.6 Å². The van der Waals surface area contributed by atoms with Crippen LogP contribution in [0.25, 0.3) is 0 Å². The summed E-state index contributed by atoms with van der Waals surface area (Å²) in [5, 5.41) is 9.00. The van der Waals surface area contributed by atoms with E-state index in [-0.39, 0.29) is 17.6 Å². The number of pyridine rings is 1. The molecule has 0 aliphatic carbocycles. The van der Waals surface area contributed by atoms with Crippen LogP contribution in [0.2, 0.25) is 5.02 Å². The predicted molar refractivity (Wildman–Crippen MR) is 115 cm³/mol. The van der Waals surface area contributed by atoms with Crippen molar-refractivity contribution in [3.8, 4) is 0 Å². The maximum Gasteiger partial charge on any atom is 0.258 e. The fourth-order valence-corrected chi connectivity index (χ4v) is 4.10. The maximum atomic E-state index is 12.8. The molecular formula is C19H17ClN4O2S2. The van der Waals surface area contributed by atoms with Crippen molar-refractivity contribution in [2.45, 2.75) is 18.9 Å². The molecule has 0 unspecified atom stereocenters. The Morgan fingerprint density at radius 2 is 1.93 bits per heavy atom. The number of thiazole rings is 1. The summed E-state index contributed by atoms with van der Waals surface area (Å²) in [4.78, 5) is 33.5. The van der Waals surface area contributed by atoms with Crippen LogP contribution < -0.4 is 10.6 Å². The normalized spacial score (nSPS) is 10.5. The Balaban J connectivity index is 1.75. The molecule has 9 heteroatoms. The Bertz CT molecular complexity index is 992. The lowest BCUT2D eigenvalue weighted by atomic mass is 10.1. The lowest BCUT2D eigenvalue weighted by molar-refractivity contribution is -0.113. The van der Waals surface area contributed by atoms with E-state index in [0.717, 1.165) is 11.3 Å². The molecule has 0 saturated carbocycles. The number of nitrogens with zero attached hydrogens (tertiary/aromatic N) is 2. The molecule has 0 aliphatic heterocycles. The number of amides is 2. The van der Waals surface area contributed by atoms with Gasteiger partial charge in [0, 0.05) is 28.0 Å². The number of hydrogen-bond donors (Lipinski definition) is 2. The molecule has 0 saturated heterocycles. The summed E-state index contributed by atoms with van der Waals surface area (Å²) >= 11 is 8.45. The van der Waals surface area contributed by atoms with Crippen molar-refractivity contribution in [2.24, 2.45) is 0 Å². The summed E-state index contributed by atoms with van der Waals surface area (Å²) in [5.74, 6) is -0.364. The van der Waals surface area contributed by atoms with Gasteiger partial charge in [-0.05, 0) is 49.7 Å². The van der Waals surface area contributed by atoms with Gasteiger partial charge >= 0.3 is 0 Å². The van der Waals surface area contributed by atoms with E-state index in [0.29, 0.717) is 26.4 Å². The van der Waals surface area contributed by atoms with Crippen molar-refractivity contribution in [3.05, 3.63) is 63.8 Å². The molecule has 2 amide bonds. The quantitative estimate of drug-likeness (QED) is 0.547. The first kappa shape index (κ1) is 20.3. The Morgan fingerprint density at radius 1 is 1.18 bits per heavy atom.